The van der Waals surface area contributed by atoms with Gasteiger partial charge in [0, 0.05) is 11.9 Å². The number of amides is 1. The van der Waals surface area contributed by atoms with Crippen LogP contribution in [0.5, 0.6) is 0 Å². The van der Waals surface area contributed by atoms with Crippen LogP contribution in [0.1, 0.15) is 26.3 Å². The molecular formula is C14H11BrN2O3. The Kier molecular flexibility index (Phi) is 4.14. The monoisotopic (exact) mass is 334 g/mol. The van der Waals surface area contributed by atoms with Crippen LogP contribution in [0.4, 0.5) is 5.69 Å². The van der Waals surface area contributed by atoms with Crippen LogP contribution in [0.25, 0.3) is 0 Å². The molecule has 0 fully saturated rings. The number of pyridine rings is 1. The molecular weight excluding hydrogens is 324 g/mol. The van der Waals surface area contributed by atoms with Gasteiger partial charge < -0.3 is 10.4 Å². The van der Waals surface area contributed by atoms with Gasteiger partial charge >= 0.3 is 5.97 Å². The maximum atomic E-state index is 12.0. The summed E-state index contributed by atoms with van der Waals surface area (Å²) < 4.78 is 0.649. The van der Waals surface area contributed by atoms with Gasteiger partial charge in [0.2, 0.25) is 0 Å². The zero-order chi connectivity index (χ0) is 14.7. The molecule has 0 aliphatic heterocycles. The quantitative estimate of drug-likeness (QED) is 0.845. The molecule has 20 heavy (non-hydrogen) atoms. The number of aryl methyl sites for hydroxylation is 1. The number of anilines is 1. The Balaban J connectivity index is 2.18. The minimum atomic E-state index is -0.988. The normalized spacial score (nSPS) is 10.1. The van der Waals surface area contributed by atoms with E-state index in [1.807, 2.05) is 0 Å². The predicted octanol–water partition coefficient (Wildman–Crippen LogP) is 3.10. The Morgan fingerprint density at radius 1 is 1.25 bits per heavy atom. The molecule has 0 radical (unpaired) electrons. The summed E-state index contributed by atoms with van der Waals surface area (Å²) in [6, 6.07) is 7.96. The first-order valence-electron chi connectivity index (χ1n) is 5.74. The SMILES string of the molecule is Cc1cc(NC(=O)c2ccc(Br)nc2)ccc1C(=O)O. The molecule has 6 heteroatoms. The van der Waals surface area contributed by atoms with Crippen LogP contribution in [-0.2, 0) is 0 Å². The van der Waals surface area contributed by atoms with E-state index in [0.29, 0.717) is 21.4 Å². The van der Waals surface area contributed by atoms with Gasteiger partial charge in [-0.15, -0.1) is 0 Å². The molecule has 0 atom stereocenters. The van der Waals surface area contributed by atoms with E-state index in [-0.39, 0.29) is 11.5 Å². The summed E-state index contributed by atoms with van der Waals surface area (Å²) in [5.41, 5.74) is 1.77. The molecule has 2 rings (SSSR count). The number of rotatable bonds is 3. The number of carbonyl (C=O) groups excluding carboxylic acids is 1. The van der Waals surface area contributed by atoms with Crippen LogP contribution in [0.3, 0.4) is 0 Å². The lowest BCUT2D eigenvalue weighted by Gasteiger charge is -2.07. The minimum Gasteiger partial charge on any atom is -0.478 e. The standard InChI is InChI=1S/C14H11BrN2O3/c1-8-6-10(3-4-11(8)14(19)20)17-13(18)9-2-5-12(15)16-7-9/h2-7H,1H3,(H,17,18)(H,19,20). The van der Waals surface area contributed by atoms with E-state index in [9.17, 15) is 9.59 Å². The summed E-state index contributed by atoms with van der Waals surface area (Å²) in [6.45, 7) is 1.68. The number of carbonyl (C=O) groups is 2. The summed E-state index contributed by atoms with van der Waals surface area (Å²) in [6.07, 6.45) is 1.46. The summed E-state index contributed by atoms with van der Waals surface area (Å²) in [5, 5.41) is 11.6. The lowest BCUT2D eigenvalue weighted by atomic mass is 10.1. The van der Waals surface area contributed by atoms with Crippen molar-refractivity contribution in [2.45, 2.75) is 6.92 Å². The first-order valence-corrected chi connectivity index (χ1v) is 6.53. The van der Waals surface area contributed by atoms with Crippen molar-refractivity contribution in [2.75, 3.05) is 5.32 Å². The summed E-state index contributed by atoms with van der Waals surface area (Å²) in [4.78, 5) is 26.9. The van der Waals surface area contributed by atoms with Crippen molar-refractivity contribution in [3.8, 4) is 0 Å². The van der Waals surface area contributed by atoms with Gasteiger partial charge in [-0.2, -0.15) is 0 Å². The lowest BCUT2D eigenvalue weighted by molar-refractivity contribution is 0.0696. The predicted molar refractivity (Wildman–Crippen MR) is 78.0 cm³/mol. The molecule has 1 heterocycles. The molecule has 0 aliphatic carbocycles. The Morgan fingerprint density at radius 2 is 2.00 bits per heavy atom. The van der Waals surface area contributed by atoms with Crippen LogP contribution >= 0.6 is 15.9 Å². The van der Waals surface area contributed by atoms with E-state index in [0.717, 1.165) is 0 Å². The van der Waals surface area contributed by atoms with Crippen molar-refractivity contribution in [1.29, 1.82) is 0 Å². The molecule has 1 aromatic heterocycles. The third kappa shape index (κ3) is 3.21. The number of aromatic carboxylic acids is 1. The number of carboxylic acids is 1. The van der Waals surface area contributed by atoms with Crippen molar-refractivity contribution in [3.05, 3.63) is 57.8 Å². The number of hydrogen-bond acceptors (Lipinski definition) is 3. The van der Waals surface area contributed by atoms with Gasteiger partial charge in [-0.25, -0.2) is 9.78 Å². The second-order valence-electron chi connectivity index (χ2n) is 4.16. The second kappa shape index (κ2) is 5.83. The molecule has 0 saturated carbocycles. The largest absolute Gasteiger partial charge is 0.478 e. The van der Waals surface area contributed by atoms with Gasteiger partial charge in [-0.1, -0.05) is 0 Å². The zero-order valence-electron chi connectivity index (χ0n) is 10.6. The molecule has 0 aliphatic rings. The first kappa shape index (κ1) is 14.2. The molecule has 5 nitrogen and oxygen atoms in total. The van der Waals surface area contributed by atoms with Crippen molar-refractivity contribution in [2.24, 2.45) is 0 Å². The number of carboxylic acid groups (broad SMARTS) is 1. The highest BCUT2D eigenvalue weighted by Crippen LogP contribution is 2.16. The van der Waals surface area contributed by atoms with Gasteiger partial charge in [0.05, 0.1) is 11.1 Å². The van der Waals surface area contributed by atoms with Crippen LogP contribution in [0.15, 0.2) is 41.1 Å². The molecule has 0 spiro atoms. The van der Waals surface area contributed by atoms with E-state index < -0.39 is 5.97 Å². The smallest absolute Gasteiger partial charge is 0.335 e. The average molecular weight is 335 g/mol. The highest BCUT2D eigenvalue weighted by atomic mass is 79.9. The van der Waals surface area contributed by atoms with Gasteiger partial charge in [0.15, 0.2) is 0 Å². The number of aromatic nitrogens is 1. The third-order valence-electron chi connectivity index (χ3n) is 2.70. The van der Waals surface area contributed by atoms with Crippen LogP contribution in [0.2, 0.25) is 0 Å². The van der Waals surface area contributed by atoms with E-state index in [2.05, 4.69) is 26.2 Å². The fourth-order valence-electron chi connectivity index (χ4n) is 1.69. The number of hydrogen-bond donors (Lipinski definition) is 2. The van der Waals surface area contributed by atoms with Gasteiger partial charge in [-0.3, -0.25) is 4.79 Å². The molecule has 0 unspecified atom stereocenters. The van der Waals surface area contributed by atoms with Crippen LogP contribution in [-0.4, -0.2) is 22.0 Å². The molecule has 1 aromatic carbocycles. The van der Waals surface area contributed by atoms with Crippen molar-refractivity contribution < 1.29 is 14.7 Å². The van der Waals surface area contributed by atoms with Crippen LogP contribution in [0, 0.1) is 6.92 Å². The molecule has 2 aromatic rings. The number of nitrogens with one attached hydrogen (secondary N) is 1. The van der Waals surface area contributed by atoms with Gasteiger partial charge in [-0.05, 0) is 58.7 Å². The van der Waals surface area contributed by atoms with Gasteiger partial charge in [0.25, 0.3) is 5.91 Å². The number of nitrogens with zero attached hydrogens (tertiary/aromatic N) is 1. The van der Waals surface area contributed by atoms with E-state index in [1.54, 1.807) is 31.2 Å². The Bertz CT molecular complexity index is 669. The fraction of sp³-hybridized carbons (Fsp3) is 0.0714. The van der Waals surface area contributed by atoms with Crippen molar-refractivity contribution in [3.63, 3.8) is 0 Å². The van der Waals surface area contributed by atoms with Crippen molar-refractivity contribution in [1.82, 2.24) is 4.98 Å². The maximum Gasteiger partial charge on any atom is 0.335 e. The first-order chi connectivity index (χ1) is 9.47. The summed E-state index contributed by atoms with van der Waals surface area (Å²) in [5.74, 6) is -1.29. The highest BCUT2D eigenvalue weighted by molar-refractivity contribution is 9.10. The Hall–Kier alpha value is -2.21. The molecule has 0 saturated heterocycles. The zero-order valence-corrected chi connectivity index (χ0v) is 12.1. The third-order valence-corrected chi connectivity index (χ3v) is 3.17. The Morgan fingerprint density at radius 3 is 2.55 bits per heavy atom. The molecule has 2 N–H and O–H groups in total. The van der Waals surface area contributed by atoms with E-state index in [1.165, 1.54) is 12.3 Å². The summed E-state index contributed by atoms with van der Waals surface area (Å²) in [7, 11) is 0. The van der Waals surface area contributed by atoms with Gasteiger partial charge in [0.1, 0.15) is 4.60 Å². The fourth-order valence-corrected chi connectivity index (χ4v) is 1.93. The van der Waals surface area contributed by atoms with E-state index in [4.69, 9.17) is 5.11 Å². The molecule has 1 amide bonds. The average Bonchev–Trinajstić information content (AvgIpc) is 2.39. The second-order valence-corrected chi connectivity index (χ2v) is 4.97. The molecule has 102 valence electrons. The topological polar surface area (TPSA) is 79.3 Å². The highest BCUT2D eigenvalue weighted by Gasteiger charge is 2.10. The number of halogens is 1. The molecule has 0 bridgehead atoms. The van der Waals surface area contributed by atoms with Crippen molar-refractivity contribution >= 4 is 33.5 Å². The maximum absolute atomic E-state index is 12.0. The van der Waals surface area contributed by atoms with Crippen LogP contribution < -0.4 is 5.32 Å². The van der Waals surface area contributed by atoms with E-state index >= 15 is 0 Å². The Labute approximate surface area is 123 Å². The lowest BCUT2D eigenvalue weighted by Crippen LogP contribution is -2.12. The minimum absolute atomic E-state index is 0.216. The summed E-state index contributed by atoms with van der Waals surface area (Å²) >= 11 is 3.19. The number of benzene rings is 1.